The number of guanidine groups is 1. The number of hydrogen-bond acceptors (Lipinski definition) is 4. The highest BCUT2D eigenvalue weighted by Gasteiger charge is 2.13. The van der Waals surface area contributed by atoms with E-state index in [1.165, 1.54) is 25.3 Å². The van der Waals surface area contributed by atoms with Crippen molar-refractivity contribution in [2.24, 2.45) is 10.7 Å². The minimum absolute atomic E-state index is 0. The number of aryl methyl sites for hydroxylation is 2. The van der Waals surface area contributed by atoms with Gasteiger partial charge in [-0.3, -0.25) is 0 Å². The zero-order chi connectivity index (χ0) is 19.8. The molecule has 0 amide bonds. The molecule has 0 fully saturated rings. The smallest absolute Gasteiger partial charge is 0.341 e. The average Bonchev–Trinajstić information content (AvgIpc) is 2.71. The van der Waals surface area contributed by atoms with Crippen molar-refractivity contribution in [1.82, 2.24) is 0 Å². The Morgan fingerprint density at radius 1 is 1.11 bits per heavy atom. The van der Waals surface area contributed by atoms with Crippen molar-refractivity contribution in [3.05, 3.63) is 58.7 Å². The van der Waals surface area contributed by atoms with Gasteiger partial charge in [0.25, 0.3) is 0 Å². The molecule has 0 heterocycles. The van der Waals surface area contributed by atoms with E-state index in [1.54, 1.807) is 12.1 Å². The Morgan fingerprint density at radius 3 is 2.29 bits per heavy atom. The molecule has 0 unspecified atom stereocenters. The second-order valence-electron chi connectivity index (χ2n) is 6.01. The van der Waals surface area contributed by atoms with Crippen LogP contribution in [0.3, 0.4) is 0 Å². The Labute approximate surface area is 183 Å². The number of nitrogens with one attached hydrogen (secondary N) is 1. The van der Waals surface area contributed by atoms with E-state index in [9.17, 15) is 4.79 Å². The number of nitrogens with zero attached hydrogens (tertiary/aromatic N) is 1. The van der Waals surface area contributed by atoms with E-state index < -0.39 is 5.97 Å². The minimum atomic E-state index is -0.439. The zero-order valence-electron chi connectivity index (χ0n) is 16.7. The van der Waals surface area contributed by atoms with Crippen molar-refractivity contribution in [2.45, 2.75) is 33.2 Å². The quantitative estimate of drug-likeness (QED) is 0.260. The number of halogens is 1. The van der Waals surface area contributed by atoms with Gasteiger partial charge in [0.2, 0.25) is 0 Å². The number of ether oxygens (including phenoxy) is 2. The van der Waals surface area contributed by atoms with Gasteiger partial charge in [0.05, 0.1) is 20.8 Å². The van der Waals surface area contributed by atoms with Crippen LogP contribution >= 0.6 is 24.0 Å². The predicted octanol–water partition coefficient (Wildman–Crippen LogP) is 4.15. The van der Waals surface area contributed by atoms with Crippen molar-refractivity contribution in [2.75, 3.05) is 19.5 Å². The van der Waals surface area contributed by atoms with Gasteiger partial charge in [-0.1, -0.05) is 38.1 Å². The summed E-state index contributed by atoms with van der Waals surface area (Å²) in [6, 6.07) is 11.5. The topological polar surface area (TPSA) is 85.9 Å². The number of nitrogens with two attached hydrogens (primary N) is 1. The molecule has 0 saturated heterocycles. The van der Waals surface area contributed by atoms with Gasteiger partial charge in [-0.2, -0.15) is 0 Å². The molecule has 0 radical (unpaired) electrons. The maximum absolute atomic E-state index is 11.7. The number of esters is 1. The van der Waals surface area contributed by atoms with Crippen molar-refractivity contribution in [3.8, 4) is 5.75 Å². The van der Waals surface area contributed by atoms with E-state index in [1.807, 2.05) is 6.07 Å². The molecule has 0 atom stereocenters. The van der Waals surface area contributed by atoms with Crippen LogP contribution in [0, 0.1) is 0 Å². The Hall–Kier alpha value is -2.29. The minimum Gasteiger partial charge on any atom is -0.496 e. The normalized spacial score (nSPS) is 10.8. The molecule has 6 nitrogen and oxygen atoms in total. The molecule has 28 heavy (non-hydrogen) atoms. The number of carbonyl (C=O) groups excluding carboxylic acids is 1. The van der Waals surface area contributed by atoms with Crippen LogP contribution in [0.4, 0.5) is 5.69 Å². The van der Waals surface area contributed by atoms with Crippen molar-refractivity contribution in [3.63, 3.8) is 0 Å². The van der Waals surface area contributed by atoms with Gasteiger partial charge in [0, 0.05) is 5.69 Å². The molecule has 7 heteroatoms. The Balaban J connectivity index is 0.00000392. The van der Waals surface area contributed by atoms with E-state index in [0.717, 1.165) is 24.1 Å². The van der Waals surface area contributed by atoms with Gasteiger partial charge in [-0.15, -0.1) is 24.0 Å². The Bertz CT molecular complexity index is 815. The summed E-state index contributed by atoms with van der Waals surface area (Å²) in [4.78, 5) is 16.2. The SMILES string of the molecule is CCc1cccc(CC)c1NC(N)=NCc1ccc(C(=O)OC)c(OC)c1.I. The number of anilines is 1. The summed E-state index contributed by atoms with van der Waals surface area (Å²) in [5.74, 6) is 0.360. The summed E-state index contributed by atoms with van der Waals surface area (Å²) in [5.41, 5.74) is 10.8. The van der Waals surface area contributed by atoms with Gasteiger partial charge in [0.1, 0.15) is 11.3 Å². The van der Waals surface area contributed by atoms with E-state index in [-0.39, 0.29) is 24.0 Å². The number of methoxy groups -OCH3 is 2. The first-order valence-corrected chi connectivity index (χ1v) is 8.96. The molecule has 2 aromatic rings. The third-order valence-electron chi connectivity index (χ3n) is 4.36. The number of hydrogen-bond donors (Lipinski definition) is 2. The molecule has 2 rings (SSSR count). The second kappa shape index (κ2) is 11.5. The molecule has 0 spiro atoms. The van der Waals surface area contributed by atoms with Crippen molar-refractivity contribution >= 4 is 41.6 Å². The van der Waals surface area contributed by atoms with Crippen LogP contribution in [-0.2, 0) is 24.1 Å². The maximum atomic E-state index is 11.7. The third kappa shape index (κ3) is 5.85. The van der Waals surface area contributed by atoms with Crippen LogP contribution < -0.4 is 15.8 Å². The molecule has 152 valence electrons. The molecule has 0 bridgehead atoms. The summed E-state index contributed by atoms with van der Waals surface area (Å²) < 4.78 is 10.0. The summed E-state index contributed by atoms with van der Waals surface area (Å²) >= 11 is 0. The Morgan fingerprint density at radius 2 is 1.75 bits per heavy atom. The zero-order valence-corrected chi connectivity index (χ0v) is 19.1. The molecule has 0 aliphatic heterocycles. The fourth-order valence-electron chi connectivity index (χ4n) is 2.86. The summed E-state index contributed by atoms with van der Waals surface area (Å²) in [5, 5.41) is 3.24. The fraction of sp³-hybridized carbons (Fsp3) is 0.333. The predicted molar refractivity (Wildman–Crippen MR) is 124 cm³/mol. The number of para-hydroxylation sites is 1. The highest BCUT2D eigenvalue weighted by atomic mass is 127. The lowest BCUT2D eigenvalue weighted by Gasteiger charge is -2.15. The van der Waals surface area contributed by atoms with Gasteiger partial charge in [-0.05, 0) is 41.7 Å². The number of aliphatic imine (C=N–C) groups is 1. The first kappa shape index (κ1) is 23.7. The molecular formula is C21H28IN3O3. The molecule has 0 saturated carbocycles. The van der Waals surface area contributed by atoms with Crippen LogP contribution in [0.1, 0.15) is 40.9 Å². The third-order valence-corrected chi connectivity index (χ3v) is 4.36. The second-order valence-corrected chi connectivity index (χ2v) is 6.01. The first-order chi connectivity index (χ1) is 13.0. The summed E-state index contributed by atoms with van der Waals surface area (Å²) in [7, 11) is 2.85. The van der Waals surface area contributed by atoms with Gasteiger partial charge >= 0.3 is 5.97 Å². The van der Waals surface area contributed by atoms with Crippen LogP contribution in [-0.4, -0.2) is 26.1 Å². The lowest BCUT2D eigenvalue weighted by Crippen LogP contribution is -2.24. The molecule has 2 aromatic carbocycles. The molecule has 0 aromatic heterocycles. The number of carbonyl (C=O) groups is 1. The molecule has 0 aliphatic carbocycles. The van der Waals surface area contributed by atoms with Gasteiger partial charge in [0.15, 0.2) is 5.96 Å². The Kier molecular flexibility index (Phi) is 9.78. The van der Waals surface area contributed by atoms with Crippen LogP contribution in [0.15, 0.2) is 41.4 Å². The highest BCUT2D eigenvalue weighted by Crippen LogP contribution is 2.23. The van der Waals surface area contributed by atoms with Crippen LogP contribution in [0.25, 0.3) is 0 Å². The van der Waals surface area contributed by atoms with Crippen molar-refractivity contribution in [1.29, 1.82) is 0 Å². The summed E-state index contributed by atoms with van der Waals surface area (Å²) in [6.45, 7) is 4.59. The van der Waals surface area contributed by atoms with Gasteiger partial charge in [-0.25, -0.2) is 9.79 Å². The molecule has 3 N–H and O–H groups in total. The molecular weight excluding hydrogens is 469 g/mol. The van der Waals surface area contributed by atoms with Crippen molar-refractivity contribution < 1.29 is 14.3 Å². The van der Waals surface area contributed by atoms with Crippen LogP contribution in [0.5, 0.6) is 5.75 Å². The van der Waals surface area contributed by atoms with Gasteiger partial charge < -0.3 is 20.5 Å². The van der Waals surface area contributed by atoms with E-state index in [2.05, 4.69) is 42.4 Å². The number of rotatable bonds is 7. The summed E-state index contributed by atoms with van der Waals surface area (Å²) in [6.07, 6.45) is 1.82. The standard InChI is InChI=1S/C21H27N3O3.HI/c1-5-15-8-7-9-16(6-2)19(15)24-21(22)23-13-14-10-11-17(20(25)27-4)18(12-14)26-3;/h7-12H,5-6,13H2,1-4H3,(H3,22,23,24);1H. The number of benzene rings is 2. The average molecular weight is 497 g/mol. The monoisotopic (exact) mass is 497 g/mol. The lowest BCUT2D eigenvalue weighted by atomic mass is 10.0. The fourth-order valence-corrected chi connectivity index (χ4v) is 2.86. The lowest BCUT2D eigenvalue weighted by molar-refractivity contribution is 0.0597. The van der Waals surface area contributed by atoms with Crippen LogP contribution in [0.2, 0.25) is 0 Å². The molecule has 0 aliphatic rings. The van der Waals surface area contributed by atoms with E-state index >= 15 is 0 Å². The largest absolute Gasteiger partial charge is 0.496 e. The first-order valence-electron chi connectivity index (χ1n) is 8.96. The highest BCUT2D eigenvalue weighted by molar-refractivity contribution is 14.0. The van der Waals surface area contributed by atoms with E-state index in [0.29, 0.717) is 23.8 Å². The maximum Gasteiger partial charge on any atom is 0.341 e. The van der Waals surface area contributed by atoms with E-state index in [4.69, 9.17) is 15.2 Å².